The summed E-state index contributed by atoms with van der Waals surface area (Å²) in [4.78, 5) is 26.0. The predicted molar refractivity (Wildman–Crippen MR) is 120 cm³/mol. The van der Waals surface area contributed by atoms with E-state index in [0.717, 1.165) is 11.3 Å². The van der Waals surface area contributed by atoms with Crippen LogP contribution in [0.4, 0.5) is 10.5 Å². The summed E-state index contributed by atoms with van der Waals surface area (Å²) in [6.07, 6.45) is 0.814. The van der Waals surface area contributed by atoms with Gasteiger partial charge in [0.25, 0.3) is 0 Å². The van der Waals surface area contributed by atoms with Crippen molar-refractivity contribution in [1.82, 2.24) is 14.8 Å². The molecular formula is C23H24N4O3S. The molecule has 4 rings (SSSR count). The van der Waals surface area contributed by atoms with Crippen molar-refractivity contribution in [2.24, 2.45) is 0 Å². The number of carbonyl (C=O) groups excluding carboxylic acids is 2. The molecule has 8 heteroatoms. The third kappa shape index (κ3) is 4.80. The standard InChI is InChI=1S/C23H24N4O3S/c1-22(2,3)30-21(29)27-18(16-10-6-4-7-11-16)25-26-20(27)31-23(14-15-23)19(28)24-17-12-8-5-9-13-17/h4-13H,14-15H2,1-3H3,(H,24,28). The van der Waals surface area contributed by atoms with Crippen molar-refractivity contribution in [3.8, 4) is 11.4 Å². The van der Waals surface area contributed by atoms with Crippen LogP contribution in [0.5, 0.6) is 0 Å². The molecule has 0 spiro atoms. The molecule has 1 amide bonds. The molecule has 2 aromatic carbocycles. The van der Waals surface area contributed by atoms with E-state index in [9.17, 15) is 9.59 Å². The van der Waals surface area contributed by atoms with Crippen LogP contribution >= 0.6 is 11.8 Å². The first-order valence-electron chi connectivity index (χ1n) is 10.1. The fraction of sp³-hybridized carbons (Fsp3) is 0.304. The lowest BCUT2D eigenvalue weighted by atomic mass is 10.2. The van der Waals surface area contributed by atoms with Gasteiger partial charge >= 0.3 is 6.09 Å². The minimum absolute atomic E-state index is 0.108. The van der Waals surface area contributed by atoms with Crippen molar-refractivity contribution in [2.75, 3.05) is 5.32 Å². The lowest BCUT2D eigenvalue weighted by molar-refractivity contribution is -0.116. The van der Waals surface area contributed by atoms with Crippen molar-refractivity contribution in [1.29, 1.82) is 0 Å². The van der Waals surface area contributed by atoms with Crippen LogP contribution in [0.2, 0.25) is 0 Å². The van der Waals surface area contributed by atoms with Crippen LogP contribution in [0.3, 0.4) is 0 Å². The number of nitrogens with zero attached hydrogens (tertiary/aromatic N) is 3. The maximum absolute atomic E-state index is 13.1. The van der Waals surface area contributed by atoms with Crippen molar-refractivity contribution in [2.45, 2.75) is 49.1 Å². The average molecular weight is 437 g/mol. The second-order valence-electron chi connectivity index (χ2n) is 8.40. The Morgan fingerprint density at radius 1 is 1.00 bits per heavy atom. The molecule has 1 fully saturated rings. The van der Waals surface area contributed by atoms with Gasteiger partial charge in [-0.25, -0.2) is 9.36 Å². The predicted octanol–water partition coefficient (Wildman–Crippen LogP) is 4.99. The molecule has 1 heterocycles. The summed E-state index contributed by atoms with van der Waals surface area (Å²) in [5.74, 6) is 0.278. The molecule has 7 nitrogen and oxygen atoms in total. The van der Waals surface area contributed by atoms with Crippen molar-refractivity contribution < 1.29 is 14.3 Å². The number of hydrogen-bond donors (Lipinski definition) is 1. The van der Waals surface area contributed by atoms with Gasteiger partial charge in [0, 0.05) is 11.3 Å². The first-order valence-corrected chi connectivity index (χ1v) is 10.9. The molecule has 0 atom stereocenters. The molecule has 1 aliphatic rings. The highest BCUT2D eigenvalue weighted by Crippen LogP contribution is 2.52. The third-order valence-electron chi connectivity index (χ3n) is 4.68. The summed E-state index contributed by atoms with van der Waals surface area (Å²) in [6.45, 7) is 5.42. The van der Waals surface area contributed by atoms with Crippen LogP contribution < -0.4 is 5.32 Å². The number of aromatic nitrogens is 3. The number of amides is 1. The second-order valence-corrected chi connectivity index (χ2v) is 9.76. The van der Waals surface area contributed by atoms with Crippen LogP contribution in [0.15, 0.2) is 65.8 Å². The van der Waals surface area contributed by atoms with Crippen molar-refractivity contribution >= 4 is 29.4 Å². The number of anilines is 1. The van der Waals surface area contributed by atoms with E-state index in [-0.39, 0.29) is 5.91 Å². The Hall–Kier alpha value is -3.13. The Labute approximate surface area is 185 Å². The first-order chi connectivity index (χ1) is 14.8. The van der Waals surface area contributed by atoms with E-state index in [0.29, 0.717) is 23.8 Å². The van der Waals surface area contributed by atoms with E-state index >= 15 is 0 Å². The van der Waals surface area contributed by atoms with Crippen LogP contribution in [0, 0.1) is 0 Å². The van der Waals surface area contributed by atoms with E-state index in [2.05, 4.69) is 15.5 Å². The molecule has 160 valence electrons. The molecule has 1 saturated carbocycles. The molecule has 1 aliphatic carbocycles. The third-order valence-corrected chi connectivity index (χ3v) is 6.11. The number of thioether (sulfide) groups is 1. The topological polar surface area (TPSA) is 86.1 Å². The summed E-state index contributed by atoms with van der Waals surface area (Å²) in [6, 6.07) is 18.7. The summed E-state index contributed by atoms with van der Waals surface area (Å²) in [7, 11) is 0. The van der Waals surface area contributed by atoms with E-state index in [1.807, 2.05) is 60.7 Å². The lowest BCUT2D eigenvalue weighted by Crippen LogP contribution is -2.30. The highest BCUT2D eigenvalue weighted by molar-refractivity contribution is 8.01. The van der Waals surface area contributed by atoms with Gasteiger partial charge in [0.05, 0.1) is 0 Å². The normalized spacial score (nSPS) is 14.7. The van der Waals surface area contributed by atoms with Gasteiger partial charge in [-0.2, -0.15) is 0 Å². The summed E-state index contributed by atoms with van der Waals surface area (Å²) in [5, 5.41) is 11.8. The van der Waals surface area contributed by atoms with Gasteiger partial charge < -0.3 is 10.1 Å². The van der Waals surface area contributed by atoms with Gasteiger partial charge in [-0.1, -0.05) is 60.3 Å². The summed E-state index contributed by atoms with van der Waals surface area (Å²) in [5.41, 5.74) is 0.795. The van der Waals surface area contributed by atoms with E-state index < -0.39 is 16.4 Å². The molecule has 3 aromatic rings. The Bertz CT molecular complexity index is 1090. The number of para-hydroxylation sites is 1. The molecule has 1 aromatic heterocycles. The summed E-state index contributed by atoms with van der Waals surface area (Å²) < 4.78 is 6.28. The van der Waals surface area contributed by atoms with Gasteiger partial charge in [-0.3, -0.25) is 4.79 Å². The van der Waals surface area contributed by atoms with Crippen LogP contribution in [0.25, 0.3) is 11.4 Å². The molecule has 0 radical (unpaired) electrons. The smallest absolute Gasteiger partial charge is 0.422 e. The first kappa shape index (κ1) is 21.1. The number of carbonyl (C=O) groups is 2. The highest BCUT2D eigenvalue weighted by atomic mass is 32.2. The average Bonchev–Trinajstić information content (AvgIpc) is 3.39. The zero-order valence-electron chi connectivity index (χ0n) is 17.7. The Kier molecular flexibility index (Phi) is 5.58. The van der Waals surface area contributed by atoms with Gasteiger partial charge in [0.1, 0.15) is 10.3 Å². The molecule has 0 aliphatic heterocycles. The Morgan fingerprint density at radius 3 is 2.19 bits per heavy atom. The van der Waals surface area contributed by atoms with Crippen molar-refractivity contribution in [3.05, 3.63) is 60.7 Å². The molecular weight excluding hydrogens is 412 g/mol. The van der Waals surface area contributed by atoms with Gasteiger partial charge in [0.2, 0.25) is 11.1 Å². The quantitative estimate of drug-likeness (QED) is 0.606. The fourth-order valence-corrected chi connectivity index (χ4v) is 4.15. The lowest BCUT2D eigenvalue weighted by Gasteiger charge is -2.21. The van der Waals surface area contributed by atoms with Gasteiger partial charge in [0.15, 0.2) is 5.82 Å². The Morgan fingerprint density at radius 2 is 1.61 bits per heavy atom. The largest absolute Gasteiger partial charge is 0.443 e. The Balaban J connectivity index is 1.64. The molecule has 0 bridgehead atoms. The maximum atomic E-state index is 13.1. The van der Waals surface area contributed by atoms with Crippen LogP contribution in [0.1, 0.15) is 33.6 Å². The number of rotatable bonds is 5. The molecule has 1 N–H and O–H groups in total. The van der Waals surface area contributed by atoms with Crippen molar-refractivity contribution in [3.63, 3.8) is 0 Å². The number of ether oxygens (including phenoxy) is 1. The maximum Gasteiger partial charge on any atom is 0.422 e. The second kappa shape index (κ2) is 8.19. The van der Waals surface area contributed by atoms with E-state index in [4.69, 9.17) is 4.74 Å². The molecule has 0 saturated heterocycles. The summed E-state index contributed by atoms with van der Waals surface area (Å²) >= 11 is 1.26. The zero-order chi connectivity index (χ0) is 22.1. The van der Waals surface area contributed by atoms with Gasteiger partial charge in [-0.05, 0) is 45.7 Å². The minimum Gasteiger partial charge on any atom is -0.443 e. The van der Waals surface area contributed by atoms with Crippen LogP contribution in [-0.4, -0.2) is 37.1 Å². The zero-order valence-corrected chi connectivity index (χ0v) is 18.5. The van der Waals surface area contributed by atoms with E-state index in [1.165, 1.54) is 16.3 Å². The monoisotopic (exact) mass is 436 g/mol. The number of benzene rings is 2. The molecule has 0 unspecified atom stereocenters. The van der Waals surface area contributed by atoms with Gasteiger partial charge in [-0.15, -0.1) is 10.2 Å². The SMILES string of the molecule is CC(C)(C)OC(=O)n1c(SC2(C(=O)Nc3ccccc3)CC2)nnc1-c1ccccc1. The number of hydrogen-bond acceptors (Lipinski definition) is 6. The van der Waals surface area contributed by atoms with Crippen LogP contribution in [-0.2, 0) is 9.53 Å². The minimum atomic E-state index is -0.684. The highest BCUT2D eigenvalue weighted by Gasteiger charge is 2.52. The van der Waals surface area contributed by atoms with E-state index in [1.54, 1.807) is 20.8 Å². The fourth-order valence-electron chi connectivity index (χ4n) is 3.01. The molecule has 31 heavy (non-hydrogen) atoms. The number of nitrogens with one attached hydrogen (secondary N) is 1.